The van der Waals surface area contributed by atoms with E-state index in [1.165, 1.54) is 12.1 Å². The topological polar surface area (TPSA) is 55.4 Å². The standard InChI is InChI=1S/C14H14ClNO3S/c1-16-10-11-5-4-6-12(9-11)19-20(17,18)14-8-3-2-7-13(14)15/h2-9,16H,10H2,1H3. The lowest BCUT2D eigenvalue weighted by molar-refractivity contribution is 0.485. The van der Waals surface area contributed by atoms with Gasteiger partial charge in [0.2, 0.25) is 0 Å². The van der Waals surface area contributed by atoms with Crippen LogP contribution in [0, 0.1) is 0 Å². The number of benzene rings is 2. The molecule has 1 N–H and O–H groups in total. The number of hydrogen-bond donors (Lipinski definition) is 1. The van der Waals surface area contributed by atoms with Crippen LogP contribution in [-0.2, 0) is 16.7 Å². The van der Waals surface area contributed by atoms with Crippen molar-refractivity contribution in [3.8, 4) is 5.75 Å². The third kappa shape index (κ3) is 3.50. The van der Waals surface area contributed by atoms with Gasteiger partial charge < -0.3 is 9.50 Å². The average Bonchev–Trinajstić information content (AvgIpc) is 2.39. The van der Waals surface area contributed by atoms with Gasteiger partial charge in [-0.1, -0.05) is 35.9 Å². The largest absolute Gasteiger partial charge is 0.379 e. The molecule has 6 heteroatoms. The van der Waals surface area contributed by atoms with Crippen molar-refractivity contribution in [3.63, 3.8) is 0 Å². The SMILES string of the molecule is CNCc1cccc(OS(=O)(=O)c2ccccc2Cl)c1. The molecule has 2 aromatic carbocycles. The predicted octanol–water partition coefficient (Wildman–Crippen LogP) is 2.83. The van der Waals surface area contributed by atoms with E-state index in [9.17, 15) is 8.42 Å². The molecule has 0 saturated heterocycles. The number of nitrogens with one attached hydrogen (secondary N) is 1. The molecule has 20 heavy (non-hydrogen) atoms. The Morgan fingerprint density at radius 3 is 2.60 bits per heavy atom. The van der Waals surface area contributed by atoms with E-state index in [1.54, 1.807) is 30.3 Å². The maximum absolute atomic E-state index is 12.2. The summed E-state index contributed by atoms with van der Waals surface area (Å²) in [6.45, 7) is 0.628. The lowest BCUT2D eigenvalue weighted by Crippen LogP contribution is -2.11. The lowest BCUT2D eigenvalue weighted by atomic mass is 10.2. The van der Waals surface area contributed by atoms with Gasteiger partial charge in [0.15, 0.2) is 0 Å². The van der Waals surface area contributed by atoms with Crippen LogP contribution in [0.25, 0.3) is 0 Å². The lowest BCUT2D eigenvalue weighted by Gasteiger charge is -2.09. The second-order valence-electron chi connectivity index (χ2n) is 4.15. The first kappa shape index (κ1) is 14.8. The third-order valence-electron chi connectivity index (χ3n) is 2.59. The van der Waals surface area contributed by atoms with Crippen LogP contribution < -0.4 is 9.50 Å². The zero-order chi connectivity index (χ0) is 14.6. The van der Waals surface area contributed by atoms with E-state index in [0.29, 0.717) is 6.54 Å². The molecule has 0 unspecified atom stereocenters. The first-order valence-electron chi connectivity index (χ1n) is 5.95. The molecule has 0 aromatic heterocycles. The van der Waals surface area contributed by atoms with Crippen LogP contribution in [0.1, 0.15) is 5.56 Å². The molecule has 0 amide bonds. The predicted molar refractivity (Wildman–Crippen MR) is 78.5 cm³/mol. The Balaban J connectivity index is 2.29. The molecule has 0 saturated carbocycles. The van der Waals surface area contributed by atoms with Crippen molar-refractivity contribution >= 4 is 21.7 Å². The van der Waals surface area contributed by atoms with Crippen LogP contribution in [-0.4, -0.2) is 15.5 Å². The molecule has 0 aliphatic carbocycles. The minimum Gasteiger partial charge on any atom is -0.379 e. The van der Waals surface area contributed by atoms with Gasteiger partial charge in [-0.05, 0) is 36.9 Å². The highest BCUT2D eigenvalue weighted by Gasteiger charge is 2.19. The molecule has 0 fully saturated rings. The zero-order valence-electron chi connectivity index (χ0n) is 10.8. The third-order valence-corrected chi connectivity index (χ3v) is 4.34. The monoisotopic (exact) mass is 311 g/mol. The van der Waals surface area contributed by atoms with Crippen LogP contribution in [0.15, 0.2) is 53.4 Å². The summed E-state index contributed by atoms with van der Waals surface area (Å²) in [5.74, 6) is 0.262. The van der Waals surface area contributed by atoms with Gasteiger partial charge in [-0.3, -0.25) is 0 Å². The molecule has 106 valence electrons. The minimum absolute atomic E-state index is 0.0410. The fourth-order valence-corrected chi connectivity index (χ4v) is 3.15. The minimum atomic E-state index is -3.93. The zero-order valence-corrected chi connectivity index (χ0v) is 12.4. The molecule has 0 spiro atoms. The van der Waals surface area contributed by atoms with E-state index in [2.05, 4.69) is 5.32 Å². The highest BCUT2D eigenvalue weighted by Crippen LogP contribution is 2.25. The Labute approximate surface area is 123 Å². The maximum Gasteiger partial charge on any atom is 0.340 e. The Morgan fingerprint density at radius 1 is 1.15 bits per heavy atom. The van der Waals surface area contributed by atoms with E-state index >= 15 is 0 Å². The first-order valence-corrected chi connectivity index (χ1v) is 7.74. The molecular weight excluding hydrogens is 298 g/mol. The molecule has 0 bridgehead atoms. The Kier molecular flexibility index (Phi) is 4.65. The molecule has 0 aliphatic rings. The van der Waals surface area contributed by atoms with Gasteiger partial charge in [0, 0.05) is 6.54 Å². The molecular formula is C14H14ClNO3S. The summed E-state index contributed by atoms with van der Waals surface area (Å²) in [5.41, 5.74) is 0.930. The molecule has 0 aliphatic heterocycles. The van der Waals surface area contributed by atoms with Crippen molar-refractivity contribution in [1.82, 2.24) is 5.32 Å². The fraction of sp³-hybridized carbons (Fsp3) is 0.143. The van der Waals surface area contributed by atoms with E-state index < -0.39 is 10.1 Å². The second kappa shape index (κ2) is 6.26. The van der Waals surface area contributed by atoms with Crippen molar-refractivity contribution in [3.05, 3.63) is 59.1 Å². The quantitative estimate of drug-likeness (QED) is 0.863. The second-order valence-corrected chi connectivity index (χ2v) is 6.07. The molecule has 2 aromatic rings. The summed E-state index contributed by atoms with van der Waals surface area (Å²) >= 11 is 5.89. The summed E-state index contributed by atoms with van der Waals surface area (Å²) < 4.78 is 29.5. The summed E-state index contributed by atoms with van der Waals surface area (Å²) in [6.07, 6.45) is 0. The van der Waals surface area contributed by atoms with Gasteiger partial charge in [-0.2, -0.15) is 8.42 Å². The van der Waals surface area contributed by atoms with Crippen LogP contribution >= 0.6 is 11.6 Å². The fourth-order valence-electron chi connectivity index (χ4n) is 1.73. The molecule has 4 nitrogen and oxygen atoms in total. The van der Waals surface area contributed by atoms with Crippen molar-refractivity contribution in [2.75, 3.05) is 7.05 Å². The number of halogens is 1. The van der Waals surface area contributed by atoms with E-state index in [4.69, 9.17) is 15.8 Å². The van der Waals surface area contributed by atoms with Crippen molar-refractivity contribution in [2.24, 2.45) is 0 Å². The van der Waals surface area contributed by atoms with Gasteiger partial charge in [0.05, 0.1) is 5.02 Å². The van der Waals surface area contributed by atoms with Crippen LogP contribution in [0.2, 0.25) is 5.02 Å². The van der Waals surface area contributed by atoms with E-state index in [0.717, 1.165) is 5.56 Å². The normalized spacial score (nSPS) is 11.3. The van der Waals surface area contributed by atoms with E-state index in [-0.39, 0.29) is 15.7 Å². The summed E-state index contributed by atoms with van der Waals surface area (Å²) in [5, 5.41) is 3.13. The summed E-state index contributed by atoms with van der Waals surface area (Å²) in [4.78, 5) is -0.0410. The summed E-state index contributed by atoms with van der Waals surface area (Å²) in [7, 11) is -2.11. The van der Waals surface area contributed by atoms with Crippen LogP contribution in [0.5, 0.6) is 5.75 Å². The number of rotatable bonds is 5. The van der Waals surface area contributed by atoms with Crippen LogP contribution in [0.4, 0.5) is 0 Å². The highest BCUT2D eigenvalue weighted by atomic mass is 35.5. The van der Waals surface area contributed by atoms with Crippen LogP contribution in [0.3, 0.4) is 0 Å². The Bertz CT molecular complexity index is 701. The van der Waals surface area contributed by atoms with Gasteiger partial charge in [0.1, 0.15) is 10.6 Å². The Hall–Kier alpha value is -1.56. The van der Waals surface area contributed by atoms with Crippen molar-refractivity contribution in [1.29, 1.82) is 0 Å². The molecule has 0 atom stereocenters. The molecule has 2 rings (SSSR count). The first-order chi connectivity index (χ1) is 9.53. The van der Waals surface area contributed by atoms with Crippen molar-refractivity contribution < 1.29 is 12.6 Å². The van der Waals surface area contributed by atoms with Gasteiger partial charge in [-0.15, -0.1) is 0 Å². The number of hydrogen-bond acceptors (Lipinski definition) is 4. The maximum atomic E-state index is 12.2. The molecule has 0 heterocycles. The smallest absolute Gasteiger partial charge is 0.340 e. The average molecular weight is 312 g/mol. The van der Waals surface area contributed by atoms with Gasteiger partial charge in [0.25, 0.3) is 0 Å². The van der Waals surface area contributed by atoms with E-state index in [1.807, 2.05) is 13.1 Å². The van der Waals surface area contributed by atoms with Gasteiger partial charge >= 0.3 is 10.1 Å². The Morgan fingerprint density at radius 2 is 1.90 bits per heavy atom. The highest BCUT2D eigenvalue weighted by molar-refractivity contribution is 7.87. The summed E-state index contributed by atoms with van der Waals surface area (Å²) in [6, 6.07) is 13.1. The van der Waals surface area contributed by atoms with Crippen molar-refractivity contribution in [2.45, 2.75) is 11.4 Å². The van der Waals surface area contributed by atoms with Gasteiger partial charge in [-0.25, -0.2) is 0 Å². The molecule has 0 radical (unpaired) electrons.